The summed E-state index contributed by atoms with van der Waals surface area (Å²) in [6.45, 7) is 3.89. The second-order valence-corrected chi connectivity index (χ2v) is 3.54. The molecule has 1 rings (SSSR count). The highest BCUT2D eigenvalue weighted by Crippen LogP contribution is 2.24. The van der Waals surface area contributed by atoms with Crippen molar-refractivity contribution in [2.24, 2.45) is 0 Å². The molecule has 1 aromatic rings. The van der Waals surface area contributed by atoms with E-state index in [4.69, 9.17) is 21.6 Å². The Labute approximate surface area is 99.6 Å². The number of hydrogen-bond donors (Lipinski definition) is 0. The first-order chi connectivity index (χ1) is 7.65. The van der Waals surface area contributed by atoms with Gasteiger partial charge in [0.15, 0.2) is 0 Å². The summed E-state index contributed by atoms with van der Waals surface area (Å²) in [4.78, 5) is 11.6. The molecule has 0 saturated carbocycles. The van der Waals surface area contributed by atoms with Crippen LogP contribution in [0.15, 0.2) is 12.1 Å². The van der Waals surface area contributed by atoms with Crippen LogP contribution in [-0.2, 0) is 11.2 Å². The van der Waals surface area contributed by atoms with Gasteiger partial charge in [0.1, 0.15) is 6.07 Å². The van der Waals surface area contributed by atoms with Gasteiger partial charge in [-0.3, -0.25) is 0 Å². The average Bonchev–Trinajstić information content (AvgIpc) is 2.28. The summed E-state index contributed by atoms with van der Waals surface area (Å²) in [5.74, 6) is -0.481. The predicted octanol–water partition coefficient (Wildman–Crippen LogP) is 2.95. The number of nitrogens with zero attached hydrogens (tertiary/aromatic N) is 1. The van der Waals surface area contributed by atoms with Crippen LogP contribution in [0.5, 0.6) is 0 Å². The summed E-state index contributed by atoms with van der Waals surface area (Å²) in [5, 5.41) is 9.56. The minimum absolute atomic E-state index is 0.283. The van der Waals surface area contributed by atoms with Crippen molar-refractivity contribution >= 4 is 17.6 Å². The number of halogens is 1. The molecule has 0 aliphatic heterocycles. The van der Waals surface area contributed by atoms with Crippen molar-refractivity contribution in [3.05, 3.63) is 33.8 Å². The third-order valence-corrected chi connectivity index (χ3v) is 2.57. The van der Waals surface area contributed by atoms with E-state index in [9.17, 15) is 4.79 Å². The Hall–Kier alpha value is -1.53. The van der Waals surface area contributed by atoms with E-state index < -0.39 is 5.97 Å². The molecule has 0 unspecified atom stereocenters. The molecule has 0 aromatic heterocycles. The van der Waals surface area contributed by atoms with Crippen LogP contribution in [0.1, 0.15) is 35.3 Å². The lowest BCUT2D eigenvalue weighted by Gasteiger charge is -2.08. The van der Waals surface area contributed by atoms with Gasteiger partial charge in [0.25, 0.3) is 0 Å². The Kier molecular flexibility index (Phi) is 4.33. The van der Waals surface area contributed by atoms with Gasteiger partial charge in [-0.05, 0) is 31.0 Å². The molecule has 0 bridgehead atoms. The number of nitriles is 1. The molecular formula is C12H12ClNO2. The number of esters is 1. The van der Waals surface area contributed by atoms with Crippen molar-refractivity contribution in [3.8, 4) is 6.07 Å². The monoisotopic (exact) mass is 237 g/mol. The lowest BCUT2D eigenvalue weighted by Crippen LogP contribution is -2.08. The van der Waals surface area contributed by atoms with Crippen LogP contribution in [0, 0.1) is 11.3 Å². The fourth-order valence-electron chi connectivity index (χ4n) is 1.47. The smallest absolute Gasteiger partial charge is 0.339 e. The van der Waals surface area contributed by atoms with Gasteiger partial charge >= 0.3 is 5.97 Å². The summed E-state index contributed by atoms with van der Waals surface area (Å²) in [7, 11) is 0. The highest BCUT2D eigenvalue weighted by atomic mass is 35.5. The molecule has 0 amide bonds. The zero-order valence-electron chi connectivity index (χ0n) is 9.21. The number of benzene rings is 1. The molecule has 84 valence electrons. The Bertz CT molecular complexity index is 449. The number of hydrogen-bond acceptors (Lipinski definition) is 3. The second kappa shape index (κ2) is 5.53. The third kappa shape index (κ3) is 2.34. The Morgan fingerprint density at radius 3 is 2.69 bits per heavy atom. The molecular weight excluding hydrogens is 226 g/mol. The Morgan fingerprint density at radius 1 is 1.50 bits per heavy atom. The van der Waals surface area contributed by atoms with Gasteiger partial charge in [-0.2, -0.15) is 5.26 Å². The average molecular weight is 238 g/mol. The number of carbonyl (C=O) groups excluding carboxylic acids is 1. The van der Waals surface area contributed by atoms with Gasteiger partial charge < -0.3 is 4.74 Å². The Morgan fingerprint density at radius 2 is 2.19 bits per heavy atom. The number of ether oxygens (including phenoxy) is 1. The van der Waals surface area contributed by atoms with Gasteiger partial charge in [0.2, 0.25) is 0 Å². The van der Waals surface area contributed by atoms with E-state index in [0.29, 0.717) is 22.6 Å². The first-order valence-corrected chi connectivity index (χ1v) is 5.42. The normalized spacial score (nSPS) is 9.62. The number of carbonyl (C=O) groups is 1. The molecule has 0 atom stereocenters. The van der Waals surface area contributed by atoms with E-state index in [1.807, 2.05) is 13.0 Å². The van der Waals surface area contributed by atoms with Crippen LogP contribution in [0.4, 0.5) is 0 Å². The summed E-state index contributed by atoms with van der Waals surface area (Å²) >= 11 is 5.96. The summed E-state index contributed by atoms with van der Waals surface area (Å²) in [6.07, 6.45) is 0.606. The van der Waals surface area contributed by atoms with Crippen LogP contribution in [-0.4, -0.2) is 12.6 Å². The predicted molar refractivity (Wildman–Crippen MR) is 61.5 cm³/mol. The molecule has 0 N–H and O–H groups in total. The van der Waals surface area contributed by atoms with Gasteiger partial charge in [0.05, 0.1) is 17.7 Å². The summed E-state index contributed by atoms with van der Waals surface area (Å²) in [6, 6.07) is 5.15. The fourth-order valence-corrected chi connectivity index (χ4v) is 1.77. The third-order valence-electron chi connectivity index (χ3n) is 2.22. The Balaban J connectivity index is 3.31. The molecule has 0 aliphatic carbocycles. The molecule has 0 fully saturated rings. The molecule has 0 radical (unpaired) electrons. The van der Waals surface area contributed by atoms with Crippen molar-refractivity contribution in [1.82, 2.24) is 0 Å². The maximum Gasteiger partial charge on any atom is 0.339 e. The van der Waals surface area contributed by atoms with E-state index in [-0.39, 0.29) is 12.2 Å². The minimum atomic E-state index is -0.481. The molecule has 0 spiro atoms. The topological polar surface area (TPSA) is 50.1 Å². The van der Waals surface area contributed by atoms with Gasteiger partial charge in [-0.1, -0.05) is 18.5 Å². The zero-order valence-corrected chi connectivity index (χ0v) is 9.97. The van der Waals surface area contributed by atoms with E-state index >= 15 is 0 Å². The van der Waals surface area contributed by atoms with Gasteiger partial charge in [0, 0.05) is 5.02 Å². The zero-order chi connectivity index (χ0) is 12.1. The molecule has 3 nitrogen and oxygen atoms in total. The van der Waals surface area contributed by atoms with E-state index in [2.05, 4.69) is 0 Å². The quantitative estimate of drug-likeness (QED) is 0.760. The highest BCUT2D eigenvalue weighted by Gasteiger charge is 2.17. The first-order valence-electron chi connectivity index (χ1n) is 5.04. The minimum Gasteiger partial charge on any atom is -0.462 e. The molecule has 1 aromatic carbocycles. The van der Waals surface area contributed by atoms with E-state index in [1.165, 1.54) is 6.07 Å². The molecule has 0 heterocycles. The standard InChI is InChI=1S/C12H12ClNO2/c1-3-8-10(7-14)9(5-6-11(8)13)12(15)16-4-2/h5-6H,3-4H2,1-2H3. The summed E-state index contributed by atoms with van der Waals surface area (Å²) in [5.41, 5.74) is 1.29. The van der Waals surface area contributed by atoms with Crippen LogP contribution in [0.3, 0.4) is 0 Å². The van der Waals surface area contributed by atoms with Crippen LogP contribution in [0.25, 0.3) is 0 Å². The van der Waals surface area contributed by atoms with Crippen LogP contribution >= 0.6 is 11.6 Å². The van der Waals surface area contributed by atoms with Crippen LogP contribution in [0.2, 0.25) is 5.02 Å². The lowest BCUT2D eigenvalue weighted by atomic mass is 10.00. The molecule has 0 saturated heterocycles. The fraction of sp³-hybridized carbons (Fsp3) is 0.333. The molecule has 4 heteroatoms. The van der Waals surface area contributed by atoms with E-state index in [1.54, 1.807) is 13.0 Å². The SMILES string of the molecule is CCOC(=O)c1ccc(Cl)c(CC)c1C#N. The van der Waals surface area contributed by atoms with Crippen molar-refractivity contribution in [2.75, 3.05) is 6.61 Å². The van der Waals surface area contributed by atoms with Crippen molar-refractivity contribution < 1.29 is 9.53 Å². The summed E-state index contributed by atoms with van der Waals surface area (Å²) < 4.78 is 4.88. The first kappa shape index (κ1) is 12.5. The van der Waals surface area contributed by atoms with Crippen molar-refractivity contribution in [1.29, 1.82) is 5.26 Å². The molecule has 0 aliphatic rings. The highest BCUT2D eigenvalue weighted by molar-refractivity contribution is 6.31. The maximum atomic E-state index is 11.6. The maximum absolute atomic E-state index is 11.6. The molecule has 16 heavy (non-hydrogen) atoms. The van der Waals surface area contributed by atoms with Crippen LogP contribution < -0.4 is 0 Å². The van der Waals surface area contributed by atoms with E-state index in [0.717, 1.165) is 0 Å². The number of rotatable bonds is 3. The van der Waals surface area contributed by atoms with Crippen molar-refractivity contribution in [3.63, 3.8) is 0 Å². The largest absolute Gasteiger partial charge is 0.462 e. The lowest BCUT2D eigenvalue weighted by molar-refractivity contribution is 0.0526. The van der Waals surface area contributed by atoms with Crippen molar-refractivity contribution in [2.45, 2.75) is 20.3 Å². The van der Waals surface area contributed by atoms with Gasteiger partial charge in [-0.15, -0.1) is 0 Å². The second-order valence-electron chi connectivity index (χ2n) is 3.13. The van der Waals surface area contributed by atoms with Gasteiger partial charge in [-0.25, -0.2) is 4.79 Å².